The molecule has 1 aromatic rings. The van der Waals surface area contributed by atoms with E-state index >= 15 is 0 Å². The van der Waals surface area contributed by atoms with Crippen LogP contribution in [0.4, 0.5) is 0 Å². The standard InChI is InChI=1S/C16H26N2O5S/c1-6-12(2)18(13(3)19)10-9-17-24(20,21)16-11-14(22-4)7-8-15(16)23-5/h7-8,11-12,17H,6,9-10H2,1-5H3. The summed E-state index contributed by atoms with van der Waals surface area (Å²) in [7, 11) is -0.918. The molecule has 0 saturated heterocycles. The van der Waals surface area contributed by atoms with Crippen LogP contribution >= 0.6 is 0 Å². The minimum absolute atomic E-state index is 0.00210. The largest absolute Gasteiger partial charge is 0.497 e. The first-order valence-electron chi connectivity index (χ1n) is 7.75. The molecule has 0 fully saturated rings. The molecular weight excluding hydrogens is 332 g/mol. The van der Waals surface area contributed by atoms with Gasteiger partial charge in [0.15, 0.2) is 0 Å². The van der Waals surface area contributed by atoms with Crippen molar-refractivity contribution in [3.05, 3.63) is 18.2 Å². The molecule has 1 rings (SSSR count). The zero-order chi connectivity index (χ0) is 18.3. The number of rotatable bonds is 9. The molecule has 1 N–H and O–H groups in total. The molecule has 1 amide bonds. The van der Waals surface area contributed by atoms with Gasteiger partial charge in [0.05, 0.1) is 14.2 Å². The highest BCUT2D eigenvalue weighted by molar-refractivity contribution is 7.89. The predicted octanol–water partition coefficient (Wildman–Crippen LogP) is 1.63. The maximum absolute atomic E-state index is 12.5. The third-order valence-corrected chi connectivity index (χ3v) is 5.31. The van der Waals surface area contributed by atoms with Crippen molar-refractivity contribution < 1.29 is 22.7 Å². The van der Waals surface area contributed by atoms with Crippen LogP contribution in [-0.2, 0) is 14.8 Å². The van der Waals surface area contributed by atoms with E-state index in [1.165, 1.54) is 33.3 Å². The Morgan fingerprint density at radius 3 is 2.46 bits per heavy atom. The molecule has 136 valence electrons. The van der Waals surface area contributed by atoms with Crippen LogP contribution in [-0.4, -0.2) is 52.6 Å². The van der Waals surface area contributed by atoms with Crippen LogP contribution in [0.3, 0.4) is 0 Å². The van der Waals surface area contributed by atoms with Gasteiger partial charge in [0, 0.05) is 32.1 Å². The van der Waals surface area contributed by atoms with E-state index in [4.69, 9.17) is 9.47 Å². The Balaban J connectivity index is 2.89. The number of carbonyl (C=O) groups is 1. The lowest BCUT2D eigenvalue weighted by atomic mass is 10.2. The molecule has 0 spiro atoms. The van der Waals surface area contributed by atoms with E-state index < -0.39 is 10.0 Å². The molecule has 1 aromatic carbocycles. The van der Waals surface area contributed by atoms with Gasteiger partial charge < -0.3 is 14.4 Å². The summed E-state index contributed by atoms with van der Waals surface area (Å²) >= 11 is 0. The lowest BCUT2D eigenvalue weighted by molar-refractivity contribution is -0.130. The van der Waals surface area contributed by atoms with Gasteiger partial charge in [0.1, 0.15) is 16.4 Å². The lowest BCUT2D eigenvalue weighted by Gasteiger charge is -2.27. The van der Waals surface area contributed by atoms with E-state index in [1.54, 1.807) is 11.0 Å². The highest BCUT2D eigenvalue weighted by Gasteiger charge is 2.21. The van der Waals surface area contributed by atoms with Crippen LogP contribution < -0.4 is 14.2 Å². The molecule has 1 unspecified atom stereocenters. The second kappa shape index (κ2) is 8.89. The number of carbonyl (C=O) groups excluding carboxylic acids is 1. The third kappa shape index (κ3) is 5.10. The Kier molecular flexibility index (Phi) is 7.50. The van der Waals surface area contributed by atoms with Crippen molar-refractivity contribution in [2.45, 2.75) is 38.1 Å². The smallest absolute Gasteiger partial charge is 0.244 e. The summed E-state index contributed by atoms with van der Waals surface area (Å²) < 4.78 is 37.7. The Morgan fingerprint density at radius 2 is 1.96 bits per heavy atom. The summed E-state index contributed by atoms with van der Waals surface area (Å²) in [5, 5.41) is 0. The molecule has 0 saturated carbocycles. The molecule has 0 aliphatic carbocycles. The van der Waals surface area contributed by atoms with Crippen LogP contribution in [0.2, 0.25) is 0 Å². The van der Waals surface area contributed by atoms with E-state index in [9.17, 15) is 13.2 Å². The summed E-state index contributed by atoms with van der Waals surface area (Å²) in [6, 6.07) is 4.61. The number of hydrogen-bond acceptors (Lipinski definition) is 5. The fourth-order valence-corrected chi connectivity index (χ4v) is 3.48. The zero-order valence-corrected chi connectivity index (χ0v) is 15.6. The van der Waals surface area contributed by atoms with Gasteiger partial charge in [-0.15, -0.1) is 0 Å². The number of nitrogens with zero attached hydrogens (tertiary/aromatic N) is 1. The normalized spacial score (nSPS) is 12.5. The minimum atomic E-state index is -3.78. The highest BCUT2D eigenvalue weighted by Crippen LogP contribution is 2.27. The summed E-state index contributed by atoms with van der Waals surface area (Å²) in [6.07, 6.45) is 0.802. The van der Waals surface area contributed by atoms with Gasteiger partial charge in [0.2, 0.25) is 15.9 Å². The lowest BCUT2D eigenvalue weighted by Crippen LogP contribution is -2.42. The topological polar surface area (TPSA) is 84.9 Å². The van der Waals surface area contributed by atoms with Crippen LogP contribution in [0.25, 0.3) is 0 Å². The second-order valence-corrected chi connectivity index (χ2v) is 7.12. The molecule has 1 atom stereocenters. The maximum atomic E-state index is 12.5. The third-order valence-electron chi connectivity index (χ3n) is 3.83. The van der Waals surface area contributed by atoms with Crippen molar-refractivity contribution in [2.75, 3.05) is 27.3 Å². The summed E-state index contributed by atoms with van der Waals surface area (Å²) in [5.41, 5.74) is 0. The fourth-order valence-electron chi connectivity index (χ4n) is 2.28. The Bertz CT molecular complexity index is 660. The first-order valence-corrected chi connectivity index (χ1v) is 9.24. The van der Waals surface area contributed by atoms with Crippen molar-refractivity contribution >= 4 is 15.9 Å². The number of benzene rings is 1. The van der Waals surface area contributed by atoms with Crippen LogP contribution in [0.1, 0.15) is 27.2 Å². The van der Waals surface area contributed by atoms with E-state index in [2.05, 4.69) is 4.72 Å². The predicted molar refractivity (Wildman–Crippen MR) is 91.9 cm³/mol. The van der Waals surface area contributed by atoms with Gasteiger partial charge in [-0.1, -0.05) is 6.92 Å². The number of sulfonamides is 1. The van der Waals surface area contributed by atoms with Gasteiger partial charge >= 0.3 is 0 Å². The van der Waals surface area contributed by atoms with E-state index in [1.807, 2.05) is 13.8 Å². The Hall–Kier alpha value is -1.80. The molecule has 0 heterocycles. The molecular formula is C16H26N2O5S. The first kappa shape index (κ1) is 20.2. The molecule has 7 nitrogen and oxygen atoms in total. The molecule has 24 heavy (non-hydrogen) atoms. The Labute approximate surface area is 144 Å². The van der Waals surface area contributed by atoms with E-state index in [-0.39, 0.29) is 29.1 Å². The molecule has 0 aromatic heterocycles. The number of ether oxygens (including phenoxy) is 2. The van der Waals surface area contributed by atoms with Crippen molar-refractivity contribution in [1.29, 1.82) is 0 Å². The van der Waals surface area contributed by atoms with Gasteiger partial charge in [0.25, 0.3) is 0 Å². The quantitative estimate of drug-likeness (QED) is 0.725. The van der Waals surface area contributed by atoms with Crippen molar-refractivity contribution in [2.24, 2.45) is 0 Å². The Morgan fingerprint density at radius 1 is 1.29 bits per heavy atom. The number of amides is 1. The monoisotopic (exact) mass is 358 g/mol. The van der Waals surface area contributed by atoms with E-state index in [0.29, 0.717) is 12.3 Å². The molecule has 0 aliphatic heterocycles. The summed E-state index contributed by atoms with van der Waals surface area (Å²) in [6.45, 7) is 5.81. The number of methoxy groups -OCH3 is 2. The van der Waals surface area contributed by atoms with E-state index in [0.717, 1.165) is 6.42 Å². The number of hydrogen-bond donors (Lipinski definition) is 1. The van der Waals surface area contributed by atoms with Crippen molar-refractivity contribution in [3.63, 3.8) is 0 Å². The molecule has 0 radical (unpaired) electrons. The molecule has 0 aliphatic rings. The minimum Gasteiger partial charge on any atom is -0.497 e. The summed E-state index contributed by atoms with van der Waals surface area (Å²) in [5.74, 6) is 0.567. The highest BCUT2D eigenvalue weighted by atomic mass is 32.2. The van der Waals surface area contributed by atoms with Gasteiger partial charge in [-0.3, -0.25) is 4.79 Å². The second-order valence-electron chi connectivity index (χ2n) is 5.38. The molecule has 0 bridgehead atoms. The van der Waals surface area contributed by atoms with Gasteiger partial charge in [-0.25, -0.2) is 13.1 Å². The summed E-state index contributed by atoms with van der Waals surface area (Å²) in [4.78, 5) is 13.3. The van der Waals surface area contributed by atoms with Gasteiger partial charge in [-0.05, 0) is 25.5 Å². The molecule has 8 heteroatoms. The van der Waals surface area contributed by atoms with Crippen LogP contribution in [0.5, 0.6) is 11.5 Å². The van der Waals surface area contributed by atoms with Crippen LogP contribution in [0, 0.1) is 0 Å². The first-order chi connectivity index (χ1) is 11.3. The van der Waals surface area contributed by atoms with Crippen LogP contribution in [0.15, 0.2) is 23.1 Å². The fraction of sp³-hybridized carbons (Fsp3) is 0.562. The zero-order valence-electron chi connectivity index (χ0n) is 14.8. The van der Waals surface area contributed by atoms with Crippen molar-refractivity contribution in [3.8, 4) is 11.5 Å². The SMILES string of the molecule is CCC(C)N(CCNS(=O)(=O)c1cc(OC)ccc1OC)C(C)=O. The average molecular weight is 358 g/mol. The maximum Gasteiger partial charge on any atom is 0.244 e. The average Bonchev–Trinajstić information content (AvgIpc) is 2.57. The number of nitrogens with one attached hydrogen (secondary N) is 1. The van der Waals surface area contributed by atoms with Gasteiger partial charge in [-0.2, -0.15) is 0 Å². The van der Waals surface area contributed by atoms with Crippen molar-refractivity contribution in [1.82, 2.24) is 9.62 Å².